The summed E-state index contributed by atoms with van der Waals surface area (Å²) < 4.78 is 5.65. The summed E-state index contributed by atoms with van der Waals surface area (Å²) in [7, 11) is 5.40. The minimum absolute atomic E-state index is 0.168. The van der Waals surface area contributed by atoms with Crippen molar-refractivity contribution in [1.29, 1.82) is 0 Å². The molecule has 0 spiro atoms. The Labute approximate surface area is 154 Å². The molecule has 1 aromatic carbocycles. The highest BCUT2D eigenvalue weighted by Crippen LogP contribution is 2.33. The van der Waals surface area contributed by atoms with E-state index in [2.05, 4.69) is 4.99 Å². The van der Waals surface area contributed by atoms with Gasteiger partial charge in [0.2, 0.25) is 0 Å². The summed E-state index contributed by atoms with van der Waals surface area (Å²) in [5.41, 5.74) is 0.763. The maximum atomic E-state index is 12.4. The number of nitrogens with zero attached hydrogens (tertiary/aromatic N) is 3. The van der Waals surface area contributed by atoms with E-state index in [1.807, 2.05) is 25.1 Å². The number of carboxylic acids is 1. The molecule has 1 N–H and O–H groups in total. The number of aromatic carboxylic acids is 1. The summed E-state index contributed by atoms with van der Waals surface area (Å²) in [5, 5.41) is 9.45. The number of carbonyl (C=O) groups is 2. The summed E-state index contributed by atoms with van der Waals surface area (Å²) >= 11 is 1.24. The summed E-state index contributed by atoms with van der Waals surface area (Å²) in [4.78, 5) is 31.5. The number of rotatable bonds is 4. The van der Waals surface area contributed by atoms with Crippen LogP contribution in [0.5, 0.6) is 0 Å². The van der Waals surface area contributed by atoms with Gasteiger partial charge in [0, 0.05) is 33.3 Å². The van der Waals surface area contributed by atoms with E-state index in [9.17, 15) is 9.59 Å². The Hall–Kier alpha value is -3.00. The van der Waals surface area contributed by atoms with Gasteiger partial charge in [0.25, 0.3) is 5.91 Å². The molecule has 3 rings (SSSR count). The van der Waals surface area contributed by atoms with Crippen molar-refractivity contribution in [3.8, 4) is 0 Å². The predicted octanol–water partition coefficient (Wildman–Crippen LogP) is 3.28. The monoisotopic (exact) mass is 371 g/mol. The third-order valence-corrected chi connectivity index (χ3v) is 4.73. The van der Waals surface area contributed by atoms with Crippen LogP contribution in [0.4, 0.5) is 11.6 Å². The van der Waals surface area contributed by atoms with Crippen LogP contribution >= 0.6 is 11.8 Å². The lowest BCUT2D eigenvalue weighted by molar-refractivity contribution is -0.121. The van der Waals surface area contributed by atoms with Crippen LogP contribution < -0.4 is 4.90 Å². The number of hydrogen-bond acceptors (Lipinski definition) is 6. The number of hydrogen-bond donors (Lipinski definition) is 1. The maximum absolute atomic E-state index is 12.4. The highest BCUT2D eigenvalue weighted by Gasteiger charge is 2.30. The van der Waals surface area contributed by atoms with E-state index >= 15 is 0 Å². The van der Waals surface area contributed by atoms with Gasteiger partial charge in [-0.05, 0) is 42.1 Å². The first-order valence-corrected chi connectivity index (χ1v) is 8.53. The predicted molar refractivity (Wildman–Crippen MR) is 102 cm³/mol. The number of likely N-dealkylation sites (N-methyl/N-ethyl adjacent to an activating group) is 1. The summed E-state index contributed by atoms with van der Waals surface area (Å²) in [6.45, 7) is 0. The fourth-order valence-corrected chi connectivity index (χ4v) is 3.20. The molecule has 26 heavy (non-hydrogen) atoms. The zero-order chi connectivity index (χ0) is 18.8. The lowest BCUT2D eigenvalue weighted by Crippen LogP contribution is -2.23. The van der Waals surface area contributed by atoms with Crippen molar-refractivity contribution in [2.24, 2.45) is 4.99 Å². The molecule has 0 aliphatic carbocycles. The first-order chi connectivity index (χ1) is 12.3. The molecule has 1 aromatic heterocycles. The van der Waals surface area contributed by atoms with E-state index < -0.39 is 5.97 Å². The Bertz CT molecular complexity index is 913. The molecular weight excluding hydrogens is 354 g/mol. The van der Waals surface area contributed by atoms with E-state index in [1.165, 1.54) is 28.8 Å². The SMILES string of the molecule is CN1C(=O)/C(=C/c2ccc(N(C)C)o2)SC1=Nc1ccc(C(=O)O)cc1. The molecule has 1 saturated heterocycles. The van der Waals surface area contributed by atoms with Crippen LogP contribution in [-0.2, 0) is 4.79 Å². The van der Waals surface area contributed by atoms with Crippen molar-refractivity contribution in [2.75, 3.05) is 26.0 Å². The van der Waals surface area contributed by atoms with Crippen molar-refractivity contribution in [2.45, 2.75) is 0 Å². The normalized spacial score (nSPS) is 17.3. The number of aliphatic imine (C=N–C) groups is 1. The molecule has 0 unspecified atom stereocenters. The number of furan rings is 1. The first kappa shape index (κ1) is 17.8. The van der Waals surface area contributed by atoms with Gasteiger partial charge < -0.3 is 14.4 Å². The van der Waals surface area contributed by atoms with Crippen molar-refractivity contribution in [3.63, 3.8) is 0 Å². The Kier molecular flexibility index (Phi) is 4.85. The minimum Gasteiger partial charge on any atom is -0.478 e. The van der Waals surface area contributed by atoms with Crippen molar-refractivity contribution < 1.29 is 19.1 Å². The van der Waals surface area contributed by atoms with Gasteiger partial charge in [0.05, 0.1) is 16.2 Å². The van der Waals surface area contributed by atoms with Gasteiger partial charge in [-0.2, -0.15) is 0 Å². The second kappa shape index (κ2) is 7.09. The van der Waals surface area contributed by atoms with Crippen molar-refractivity contribution in [1.82, 2.24) is 4.90 Å². The van der Waals surface area contributed by atoms with Gasteiger partial charge in [-0.3, -0.25) is 9.69 Å². The Morgan fingerprint density at radius 1 is 1.23 bits per heavy atom. The molecular formula is C18H17N3O4S. The van der Waals surface area contributed by atoms with Crippen LogP contribution in [0, 0.1) is 0 Å². The number of thioether (sulfide) groups is 1. The summed E-state index contributed by atoms with van der Waals surface area (Å²) in [5.74, 6) is 0.129. The molecule has 7 nitrogen and oxygen atoms in total. The smallest absolute Gasteiger partial charge is 0.335 e. The van der Waals surface area contributed by atoms with Gasteiger partial charge >= 0.3 is 5.97 Å². The zero-order valence-corrected chi connectivity index (χ0v) is 15.3. The van der Waals surface area contributed by atoms with E-state index in [1.54, 1.807) is 31.3 Å². The van der Waals surface area contributed by atoms with E-state index in [-0.39, 0.29) is 11.5 Å². The van der Waals surface area contributed by atoms with Gasteiger partial charge in [-0.1, -0.05) is 0 Å². The molecule has 1 aliphatic heterocycles. The standard InChI is InChI=1S/C18H17N3O4S/c1-20(2)15-9-8-13(25-15)10-14-16(22)21(3)18(26-14)19-12-6-4-11(5-7-12)17(23)24/h4-10H,1-3H3,(H,23,24)/b14-10-,19-18?. The average Bonchev–Trinajstić information content (AvgIpc) is 3.17. The quantitative estimate of drug-likeness (QED) is 0.830. The molecule has 1 aliphatic rings. The molecule has 134 valence electrons. The average molecular weight is 371 g/mol. The largest absolute Gasteiger partial charge is 0.478 e. The number of amides is 1. The van der Waals surface area contributed by atoms with Gasteiger partial charge in [0.15, 0.2) is 11.1 Å². The van der Waals surface area contributed by atoms with Crippen LogP contribution in [0.1, 0.15) is 16.1 Å². The number of benzene rings is 1. The molecule has 1 fully saturated rings. The Morgan fingerprint density at radius 2 is 1.92 bits per heavy atom. The summed E-state index contributed by atoms with van der Waals surface area (Å²) in [6.07, 6.45) is 1.69. The van der Waals surface area contributed by atoms with E-state index in [0.29, 0.717) is 27.4 Å². The zero-order valence-electron chi connectivity index (χ0n) is 14.5. The molecule has 2 heterocycles. The molecule has 0 bridgehead atoms. The van der Waals surface area contributed by atoms with Crippen LogP contribution in [-0.4, -0.2) is 48.2 Å². The van der Waals surface area contributed by atoms with Crippen molar-refractivity contribution >= 4 is 46.5 Å². The number of carbonyl (C=O) groups excluding carboxylic acids is 1. The molecule has 0 radical (unpaired) electrons. The van der Waals surface area contributed by atoms with E-state index in [0.717, 1.165) is 0 Å². The number of carboxylic acid groups (broad SMARTS) is 1. The number of anilines is 1. The molecule has 8 heteroatoms. The van der Waals surface area contributed by atoms with Gasteiger partial charge in [0.1, 0.15) is 5.76 Å². The number of amidine groups is 1. The molecule has 0 saturated carbocycles. The highest BCUT2D eigenvalue weighted by atomic mass is 32.2. The van der Waals surface area contributed by atoms with Gasteiger partial charge in [-0.25, -0.2) is 9.79 Å². The van der Waals surface area contributed by atoms with Crippen LogP contribution in [0.2, 0.25) is 0 Å². The second-order valence-corrected chi connectivity index (χ2v) is 6.80. The third kappa shape index (κ3) is 3.65. The summed E-state index contributed by atoms with van der Waals surface area (Å²) in [6, 6.07) is 9.80. The fraction of sp³-hybridized carbons (Fsp3) is 0.167. The van der Waals surface area contributed by atoms with Crippen LogP contribution in [0.25, 0.3) is 6.08 Å². The third-order valence-electron chi connectivity index (χ3n) is 3.67. The Morgan fingerprint density at radius 3 is 2.50 bits per heavy atom. The van der Waals surface area contributed by atoms with Crippen LogP contribution in [0.15, 0.2) is 50.7 Å². The van der Waals surface area contributed by atoms with Gasteiger partial charge in [-0.15, -0.1) is 0 Å². The fourth-order valence-electron chi connectivity index (χ4n) is 2.23. The topological polar surface area (TPSA) is 86.4 Å². The van der Waals surface area contributed by atoms with Crippen LogP contribution in [0.3, 0.4) is 0 Å². The molecule has 2 aromatic rings. The van der Waals surface area contributed by atoms with Crippen molar-refractivity contribution in [3.05, 3.63) is 52.6 Å². The first-order valence-electron chi connectivity index (χ1n) is 7.72. The minimum atomic E-state index is -0.993. The molecule has 1 amide bonds. The second-order valence-electron chi connectivity index (χ2n) is 5.79. The van der Waals surface area contributed by atoms with E-state index in [4.69, 9.17) is 9.52 Å². The Balaban J connectivity index is 1.83. The lowest BCUT2D eigenvalue weighted by Gasteiger charge is -2.07. The lowest BCUT2D eigenvalue weighted by atomic mass is 10.2. The highest BCUT2D eigenvalue weighted by molar-refractivity contribution is 8.18. The molecule has 0 atom stereocenters. The maximum Gasteiger partial charge on any atom is 0.335 e.